The van der Waals surface area contributed by atoms with Crippen LogP contribution in [0.25, 0.3) is 11.3 Å². The van der Waals surface area contributed by atoms with E-state index in [1.165, 1.54) is 36.4 Å². The molecule has 1 atom stereocenters. The van der Waals surface area contributed by atoms with Crippen LogP contribution in [-0.4, -0.2) is 36.0 Å². The number of hydrazone groups is 1. The lowest BCUT2D eigenvalue weighted by Gasteiger charge is -2.08. The summed E-state index contributed by atoms with van der Waals surface area (Å²) in [7, 11) is -3.82. The second kappa shape index (κ2) is 8.57. The van der Waals surface area contributed by atoms with E-state index in [9.17, 15) is 23.3 Å². The summed E-state index contributed by atoms with van der Waals surface area (Å²) < 4.78 is 22.7. The molecule has 168 valence electrons. The van der Waals surface area contributed by atoms with Gasteiger partial charge in [0.1, 0.15) is 0 Å². The number of carbonyl (C=O) groups excluding carboxylic acids is 1. The Morgan fingerprint density at radius 1 is 1.21 bits per heavy atom. The number of carbonyl (C=O) groups is 1. The lowest BCUT2D eigenvalue weighted by Crippen LogP contribution is -2.29. The number of sulfonamides is 1. The number of hydrogen-bond acceptors (Lipinski definition) is 10. The Bertz CT molecular complexity index is 1410. The van der Waals surface area contributed by atoms with Gasteiger partial charge in [0.05, 0.1) is 26.9 Å². The van der Waals surface area contributed by atoms with Crippen LogP contribution < -0.4 is 10.1 Å². The van der Waals surface area contributed by atoms with Crippen LogP contribution in [0.3, 0.4) is 0 Å². The molecule has 2 N–H and O–H groups in total. The molecule has 0 aliphatic carbocycles. The number of thiazole rings is 1. The van der Waals surface area contributed by atoms with Crippen LogP contribution in [-0.2, 0) is 14.8 Å². The largest absolute Gasteiger partial charge is 0.282 e. The minimum atomic E-state index is -3.82. The van der Waals surface area contributed by atoms with Gasteiger partial charge in [0.2, 0.25) is 15.2 Å². The molecule has 0 saturated heterocycles. The van der Waals surface area contributed by atoms with Gasteiger partial charge in [-0.25, -0.2) is 18.5 Å². The van der Waals surface area contributed by atoms with Crippen LogP contribution in [0.2, 0.25) is 0 Å². The molecule has 0 fully saturated rings. The average molecular weight is 486 g/mol. The Hall–Kier alpha value is -3.88. The lowest BCUT2D eigenvalue weighted by molar-refractivity contribution is -0.384. The molecule has 33 heavy (non-hydrogen) atoms. The normalized spacial score (nSPS) is 16.4. The fraction of sp³-hybridized carbons (Fsp3) is 0.105. The van der Waals surface area contributed by atoms with Gasteiger partial charge in [-0.3, -0.25) is 14.9 Å². The molecule has 1 aromatic heterocycles. The number of nitrogens with two attached hydrogens (primary N) is 1. The number of anilines is 1. The van der Waals surface area contributed by atoms with Crippen molar-refractivity contribution in [2.75, 3.05) is 5.01 Å². The van der Waals surface area contributed by atoms with Crippen molar-refractivity contribution in [2.24, 2.45) is 20.5 Å². The zero-order valence-corrected chi connectivity index (χ0v) is 18.5. The second-order valence-electron chi connectivity index (χ2n) is 6.87. The maximum absolute atomic E-state index is 12.9. The van der Waals surface area contributed by atoms with Crippen molar-refractivity contribution in [2.45, 2.75) is 17.9 Å². The molecule has 14 heteroatoms. The first-order chi connectivity index (χ1) is 15.6. The molecular formula is C19H15N7O5S2. The van der Waals surface area contributed by atoms with Gasteiger partial charge in [-0.2, -0.15) is 20.3 Å². The molecule has 2 heterocycles. The summed E-state index contributed by atoms with van der Waals surface area (Å²) in [5, 5.41) is 31.4. The first-order valence-electron chi connectivity index (χ1n) is 9.26. The number of aromatic nitrogens is 1. The SMILES string of the molecule is CC1=NN(c2nc(-c3cccc([N+](=O)[O-])c3)cs2)C(=O)[C@@H]1N=Nc1ccc(S(N)(=O)=O)cc1. The first-order valence-corrected chi connectivity index (χ1v) is 11.7. The molecular weight excluding hydrogens is 470 g/mol. The predicted molar refractivity (Wildman–Crippen MR) is 121 cm³/mol. The number of nitro groups is 1. The predicted octanol–water partition coefficient (Wildman–Crippen LogP) is 3.24. The molecule has 1 amide bonds. The van der Waals surface area contributed by atoms with Gasteiger partial charge in [0, 0.05) is 23.1 Å². The Labute approximate surface area is 191 Å². The monoisotopic (exact) mass is 485 g/mol. The summed E-state index contributed by atoms with van der Waals surface area (Å²) >= 11 is 1.16. The van der Waals surface area contributed by atoms with Crippen molar-refractivity contribution in [3.63, 3.8) is 0 Å². The van der Waals surface area contributed by atoms with Gasteiger partial charge < -0.3 is 0 Å². The first kappa shape index (κ1) is 22.3. The Morgan fingerprint density at radius 2 is 1.94 bits per heavy atom. The molecule has 12 nitrogen and oxygen atoms in total. The second-order valence-corrected chi connectivity index (χ2v) is 9.27. The van der Waals surface area contributed by atoms with Crippen LogP contribution in [0.1, 0.15) is 6.92 Å². The summed E-state index contributed by atoms with van der Waals surface area (Å²) in [5.41, 5.74) is 1.68. The highest BCUT2D eigenvalue weighted by Crippen LogP contribution is 2.32. The minimum absolute atomic E-state index is 0.0641. The van der Waals surface area contributed by atoms with Crippen molar-refractivity contribution in [1.82, 2.24) is 4.98 Å². The standard InChI is InChI=1S/C19H15N7O5S2/c1-11-17(23-22-13-5-7-15(8-6-13)33(20,30)31)18(27)25(24-11)19-21-16(10-32-19)12-3-2-4-14(9-12)26(28)29/h2-10,17H,1H3,(H2,20,30,31)/t17-/m1/s1. The van der Waals surface area contributed by atoms with Crippen LogP contribution in [0.4, 0.5) is 16.5 Å². The fourth-order valence-electron chi connectivity index (χ4n) is 2.93. The average Bonchev–Trinajstić information content (AvgIpc) is 3.37. The van der Waals surface area contributed by atoms with Crippen molar-refractivity contribution >= 4 is 49.5 Å². The van der Waals surface area contributed by atoms with E-state index in [1.807, 2.05) is 0 Å². The van der Waals surface area contributed by atoms with Crippen LogP contribution >= 0.6 is 11.3 Å². The maximum atomic E-state index is 12.9. The number of nitro benzene ring substituents is 1. The van der Waals surface area contributed by atoms with Crippen molar-refractivity contribution in [3.8, 4) is 11.3 Å². The van der Waals surface area contributed by atoms with Crippen LogP contribution in [0.15, 0.2) is 74.1 Å². The molecule has 0 radical (unpaired) electrons. The molecule has 2 aromatic carbocycles. The molecule has 1 aliphatic heterocycles. The third-order valence-electron chi connectivity index (χ3n) is 4.58. The van der Waals surface area contributed by atoms with Crippen LogP contribution in [0.5, 0.6) is 0 Å². The van der Waals surface area contributed by atoms with Crippen molar-refractivity contribution in [3.05, 3.63) is 64.0 Å². The number of non-ortho nitro benzene ring substituents is 1. The van der Waals surface area contributed by atoms with Crippen molar-refractivity contribution < 1.29 is 18.1 Å². The lowest BCUT2D eigenvalue weighted by atomic mass is 10.1. The van der Waals surface area contributed by atoms with E-state index in [-0.39, 0.29) is 15.7 Å². The molecule has 0 bridgehead atoms. The minimum Gasteiger partial charge on any atom is -0.269 e. The number of azo groups is 1. The summed E-state index contributed by atoms with van der Waals surface area (Å²) in [5.74, 6) is -0.461. The molecule has 4 rings (SSSR count). The number of amides is 1. The van der Waals surface area contributed by atoms with Crippen LogP contribution in [0, 0.1) is 10.1 Å². The van der Waals surface area contributed by atoms with E-state index in [4.69, 9.17) is 5.14 Å². The number of hydrogen-bond donors (Lipinski definition) is 1. The summed E-state index contributed by atoms with van der Waals surface area (Å²) in [6.45, 7) is 1.63. The van der Waals surface area contributed by atoms with Gasteiger partial charge in [0.25, 0.3) is 11.6 Å². The summed E-state index contributed by atoms with van der Waals surface area (Å²) in [6, 6.07) is 10.5. The summed E-state index contributed by atoms with van der Waals surface area (Å²) in [4.78, 5) is 27.7. The molecule has 1 aliphatic rings. The van der Waals surface area contributed by atoms with Crippen molar-refractivity contribution in [1.29, 1.82) is 0 Å². The fourth-order valence-corrected chi connectivity index (χ4v) is 4.23. The highest BCUT2D eigenvalue weighted by atomic mass is 32.2. The number of rotatable bonds is 6. The third-order valence-corrected chi connectivity index (χ3v) is 6.32. The van der Waals surface area contributed by atoms with E-state index in [1.54, 1.807) is 24.4 Å². The number of nitrogens with zero attached hydrogens (tertiary/aromatic N) is 6. The third kappa shape index (κ3) is 4.67. The Morgan fingerprint density at radius 3 is 2.61 bits per heavy atom. The van der Waals surface area contributed by atoms with E-state index in [0.29, 0.717) is 22.7 Å². The zero-order chi connectivity index (χ0) is 23.8. The van der Waals surface area contributed by atoms with E-state index < -0.39 is 26.9 Å². The zero-order valence-electron chi connectivity index (χ0n) is 16.9. The van der Waals surface area contributed by atoms with E-state index in [0.717, 1.165) is 16.3 Å². The van der Waals surface area contributed by atoms with Gasteiger partial charge in [-0.15, -0.1) is 11.3 Å². The van der Waals surface area contributed by atoms with Gasteiger partial charge in [-0.05, 0) is 31.2 Å². The van der Waals surface area contributed by atoms with Gasteiger partial charge in [0.15, 0.2) is 6.04 Å². The Balaban J connectivity index is 1.52. The maximum Gasteiger partial charge on any atom is 0.282 e. The smallest absolute Gasteiger partial charge is 0.269 e. The highest BCUT2D eigenvalue weighted by Gasteiger charge is 2.36. The molecule has 3 aromatic rings. The number of primary sulfonamides is 1. The highest BCUT2D eigenvalue weighted by molar-refractivity contribution is 7.89. The topological polar surface area (TPSA) is 174 Å². The van der Waals surface area contributed by atoms with Gasteiger partial charge >= 0.3 is 0 Å². The quantitative estimate of drug-likeness (QED) is 0.318. The molecule has 0 spiro atoms. The van der Waals surface area contributed by atoms with E-state index >= 15 is 0 Å². The number of benzene rings is 2. The van der Waals surface area contributed by atoms with E-state index in [2.05, 4.69) is 20.3 Å². The van der Waals surface area contributed by atoms with Gasteiger partial charge in [-0.1, -0.05) is 12.1 Å². The Kier molecular flexibility index (Phi) is 5.80. The molecule has 0 unspecified atom stereocenters. The molecule has 0 saturated carbocycles. The summed E-state index contributed by atoms with van der Waals surface area (Å²) in [6.07, 6.45) is 0.